The van der Waals surface area contributed by atoms with Gasteiger partial charge >= 0.3 is 0 Å². The number of anilines is 1. The van der Waals surface area contributed by atoms with Gasteiger partial charge in [0, 0.05) is 19.2 Å². The highest BCUT2D eigenvalue weighted by Crippen LogP contribution is 2.23. The summed E-state index contributed by atoms with van der Waals surface area (Å²) in [5.41, 5.74) is 0. The van der Waals surface area contributed by atoms with Gasteiger partial charge in [-0.2, -0.15) is 4.31 Å². The van der Waals surface area contributed by atoms with E-state index >= 15 is 0 Å². The molecule has 122 valence electrons. The summed E-state index contributed by atoms with van der Waals surface area (Å²) in [5.74, 6) is 1.02. The summed E-state index contributed by atoms with van der Waals surface area (Å²) in [6, 6.07) is 4.17. The number of pyridine rings is 1. The first-order chi connectivity index (χ1) is 10.6. The van der Waals surface area contributed by atoms with Gasteiger partial charge in [0.15, 0.2) is 0 Å². The summed E-state index contributed by atoms with van der Waals surface area (Å²) >= 11 is 0. The minimum absolute atomic E-state index is 0.378. The average molecular weight is 324 g/mol. The van der Waals surface area contributed by atoms with Crippen LogP contribution in [-0.2, 0) is 10.0 Å². The van der Waals surface area contributed by atoms with Crippen LogP contribution in [0.3, 0.4) is 0 Å². The molecule has 2 fully saturated rings. The van der Waals surface area contributed by atoms with Crippen molar-refractivity contribution < 1.29 is 13.4 Å². The Hall–Kier alpha value is -1.14. The number of nitrogens with zero attached hydrogens (tertiary/aromatic N) is 2. The van der Waals surface area contributed by atoms with Crippen LogP contribution in [-0.4, -0.2) is 38.4 Å². The molecular weight excluding hydrogens is 298 g/mol. The first kappa shape index (κ1) is 15.7. The van der Waals surface area contributed by atoms with Crippen LogP contribution in [0.4, 0.5) is 5.82 Å². The van der Waals surface area contributed by atoms with Crippen molar-refractivity contribution in [3.8, 4) is 0 Å². The van der Waals surface area contributed by atoms with Gasteiger partial charge in [0.1, 0.15) is 11.1 Å². The number of aromatic nitrogens is 1. The monoisotopic (exact) mass is 324 g/mol. The molecule has 3 heterocycles. The molecule has 0 amide bonds. The first-order valence-electron chi connectivity index (χ1n) is 8.37. The smallest absolute Gasteiger partial charge is 0.259 e. The molecule has 0 saturated carbocycles. The molecule has 0 unspecified atom stereocenters. The standard InChI is InChI=1S/C16H25N3O2S/c1-14-7-3-6-12-19(14)16-9-8-15(13-17-16)22(20,21)18-10-4-2-5-11-18/h8-9,13-14H,2-7,10-12H2,1H3/p+1/t14-/m1/s1. The fourth-order valence-corrected chi connectivity index (χ4v) is 4.94. The largest absolute Gasteiger partial charge is 0.274 e. The lowest BCUT2D eigenvalue weighted by Crippen LogP contribution is -2.41. The molecular formula is C16H26N3O2S+. The van der Waals surface area contributed by atoms with E-state index in [1.807, 2.05) is 6.07 Å². The quantitative estimate of drug-likeness (QED) is 0.855. The molecule has 2 aliphatic heterocycles. The molecule has 5 nitrogen and oxygen atoms in total. The Morgan fingerprint density at radius 2 is 1.77 bits per heavy atom. The van der Waals surface area contributed by atoms with Crippen LogP contribution in [0.1, 0.15) is 45.4 Å². The molecule has 0 aromatic carbocycles. The summed E-state index contributed by atoms with van der Waals surface area (Å²) in [6.45, 7) is 4.56. The van der Waals surface area contributed by atoms with Crippen molar-refractivity contribution in [2.24, 2.45) is 0 Å². The number of rotatable bonds is 3. The highest BCUT2D eigenvalue weighted by molar-refractivity contribution is 7.89. The van der Waals surface area contributed by atoms with Crippen molar-refractivity contribution in [3.05, 3.63) is 18.3 Å². The minimum atomic E-state index is -3.34. The zero-order valence-corrected chi connectivity index (χ0v) is 14.1. The third-order valence-corrected chi connectivity index (χ3v) is 6.73. The van der Waals surface area contributed by atoms with E-state index in [1.54, 1.807) is 16.6 Å². The number of aromatic amines is 1. The molecule has 1 aromatic heterocycles. The predicted octanol–water partition coefficient (Wildman–Crippen LogP) is 2.05. The van der Waals surface area contributed by atoms with Gasteiger partial charge in [-0.25, -0.2) is 13.4 Å². The SMILES string of the molecule is C[C@@H]1CCCCN1c1ccc(S(=O)(=O)N2CCCCC2)c[nH+]1. The third-order valence-electron chi connectivity index (χ3n) is 4.83. The van der Waals surface area contributed by atoms with Gasteiger partial charge < -0.3 is 0 Å². The number of piperidine rings is 2. The van der Waals surface area contributed by atoms with Crippen LogP contribution in [0.5, 0.6) is 0 Å². The zero-order valence-electron chi connectivity index (χ0n) is 13.3. The number of hydrogen-bond acceptors (Lipinski definition) is 3. The van der Waals surface area contributed by atoms with E-state index in [1.165, 1.54) is 19.3 Å². The highest BCUT2D eigenvalue weighted by atomic mass is 32.2. The summed E-state index contributed by atoms with van der Waals surface area (Å²) in [4.78, 5) is 5.91. The van der Waals surface area contributed by atoms with E-state index in [2.05, 4.69) is 16.8 Å². The maximum atomic E-state index is 12.6. The third kappa shape index (κ3) is 3.13. The Morgan fingerprint density at radius 3 is 2.41 bits per heavy atom. The molecule has 3 rings (SSSR count). The molecule has 2 saturated heterocycles. The van der Waals surface area contributed by atoms with Crippen molar-refractivity contribution in [2.45, 2.75) is 56.4 Å². The second-order valence-electron chi connectivity index (χ2n) is 6.41. The highest BCUT2D eigenvalue weighted by Gasteiger charge is 2.29. The van der Waals surface area contributed by atoms with E-state index in [-0.39, 0.29) is 0 Å². The zero-order chi connectivity index (χ0) is 15.6. The van der Waals surface area contributed by atoms with Crippen LogP contribution < -0.4 is 9.88 Å². The Morgan fingerprint density at radius 1 is 1.05 bits per heavy atom. The van der Waals surface area contributed by atoms with Crippen LogP contribution in [0.25, 0.3) is 0 Å². The topological polar surface area (TPSA) is 54.8 Å². The van der Waals surface area contributed by atoms with Crippen molar-refractivity contribution in [3.63, 3.8) is 0 Å². The molecule has 1 aromatic rings. The van der Waals surface area contributed by atoms with Crippen LogP contribution in [0, 0.1) is 0 Å². The van der Waals surface area contributed by atoms with Crippen LogP contribution in [0.2, 0.25) is 0 Å². The molecule has 0 radical (unpaired) electrons. The van der Waals surface area contributed by atoms with E-state index in [0.29, 0.717) is 24.0 Å². The maximum absolute atomic E-state index is 12.6. The fraction of sp³-hybridized carbons (Fsp3) is 0.688. The Balaban J connectivity index is 1.78. The minimum Gasteiger partial charge on any atom is -0.259 e. The number of sulfonamides is 1. The van der Waals surface area contributed by atoms with Crippen molar-refractivity contribution in [1.29, 1.82) is 0 Å². The van der Waals surface area contributed by atoms with Gasteiger partial charge in [0.25, 0.3) is 5.82 Å². The number of H-pyrrole nitrogens is 1. The van der Waals surface area contributed by atoms with E-state index in [4.69, 9.17) is 0 Å². The van der Waals surface area contributed by atoms with Crippen molar-refractivity contribution in [2.75, 3.05) is 24.5 Å². The van der Waals surface area contributed by atoms with Gasteiger partial charge in [-0.3, -0.25) is 4.90 Å². The maximum Gasteiger partial charge on any atom is 0.274 e. The lowest BCUT2D eigenvalue weighted by Gasteiger charge is -2.28. The van der Waals surface area contributed by atoms with Crippen molar-refractivity contribution in [1.82, 2.24) is 4.31 Å². The molecule has 0 bridgehead atoms. The lowest BCUT2D eigenvalue weighted by atomic mass is 10.0. The molecule has 6 heteroatoms. The van der Waals surface area contributed by atoms with Crippen molar-refractivity contribution >= 4 is 15.8 Å². The predicted molar refractivity (Wildman–Crippen MR) is 86.3 cm³/mol. The Bertz CT molecular complexity index is 594. The van der Waals surface area contributed by atoms with Gasteiger partial charge in [0.05, 0.1) is 12.6 Å². The summed E-state index contributed by atoms with van der Waals surface area (Å²) in [7, 11) is -3.34. The lowest BCUT2D eigenvalue weighted by molar-refractivity contribution is -0.367. The fourth-order valence-electron chi connectivity index (χ4n) is 3.45. The van der Waals surface area contributed by atoms with Gasteiger partial charge in [-0.05, 0) is 45.1 Å². The second-order valence-corrected chi connectivity index (χ2v) is 8.35. The Kier molecular flexibility index (Phi) is 4.68. The van der Waals surface area contributed by atoms with E-state index in [0.717, 1.165) is 31.6 Å². The number of hydrogen-bond donors (Lipinski definition) is 0. The van der Waals surface area contributed by atoms with Crippen LogP contribution >= 0.6 is 0 Å². The average Bonchev–Trinajstić information content (AvgIpc) is 2.56. The van der Waals surface area contributed by atoms with E-state index < -0.39 is 10.0 Å². The van der Waals surface area contributed by atoms with E-state index in [9.17, 15) is 8.42 Å². The summed E-state index contributed by atoms with van der Waals surface area (Å²) in [5, 5.41) is 0. The summed E-state index contributed by atoms with van der Waals surface area (Å²) < 4.78 is 26.9. The Labute approximate surface area is 133 Å². The molecule has 0 aliphatic carbocycles. The van der Waals surface area contributed by atoms with Crippen LogP contribution in [0.15, 0.2) is 23.2 Å². The molecule has 22 heavy (non-hydrogen) atoms. The second kappa shape index (κ2) is 6.54. The van der Waals surface area contributed by atoms with Gasteiger partial charge in [-0.1, -0.05) is 6.42 Å². The molecule has 0 spiro atoms. The van der Waals surface area contributed by atoms with Gasteiger partial charge in [-0.15, -0.1) is 0 Å². The first-order valence-corrected chi connectivity index (χ1v) is 9.81. The molecule has 1 N–H and O–H groups in total. The normalized spacial score (nSPS) is 24.4. The summed E-state index contributed by atoms with van der Waals surface area (Å²) in [6.07, 6.45) is 8.38. The number of nitrogens with one attached hydrogen (secondary N) is 1. The molecule has 2 aliphatic rings. The van der Waals surface area contributed by atoms with Gasteiger partial charge in [0.2, 0.25) is 10.0 Å². The molecule has 1 atom stereocenters.